The van der Waals surface area contributed by atoms with Gasteiger partial charge in [-0.1, -0.05) is 36.0 Å². The molecule has 4 aromatic rings. The summed E-state index contributed by atoms with van der Waals surface area (Å²) in [5.41, 5.74) is 1.27. The first-order valence-corrected chi connectivity index (χ1v) is 13.5. The Bertz CT molecular complexity index is 1620. The molecule has 10 nitrogen and oxygen atoms in total. The van der Waals surface area contributed by atoms with Crippen LogP contribution in [0.2, 0.25) is 0 Å². The fourth-order valence-corrected chi connectivity index (χ4v) is 5.05. The van der Waals surface area contributed by atoms with Crippen LogP contribution in [0.3, 0.4) is 0 Å². The van der Waals surface area contributed by atoms with E-state index >= 15 is 0 Å². The minimum Gasteiger partial charge on any atom is -0.493 e. The molecule has 0 atom stereocenters. The third-order valence-electron chi connectivity index (χ3n) is 5.46. The number of hydrogen-bond donors (Lipinski definition) is 2. The molecule has 3 aromatic carbocycles. The Hall–Kier alpha value is -3.87. The molecule has 0 fully saturated rings. The summed E-state index contributed by atoms with van der Waals surface area (Å²) >= 11 is 1.08. The number of nitrogens with one attached hydrogen (secondary N) is 1. The second-order valence-electron chi connectivity index (χ2n) is 7.81. The largest absolute Gasteiger partial charge is 0.493 e. The molecule has 0 saturated heterocycles. The number of benzene rings is 3. The van der Waals surface area contributed by atoms with Crippen molar-refractivity contribution in [3.8, 4) is 17.2 Å². The topological polar surface area (TPSA) is 143 Å². The maximum Gasteiger partial charge on any atom is 0.266 e. The predicted molar refractivity (Wildman–Crippen MR) is 141 cm³/mol. The second kappa shape index (κ2) is 11.0. The van der Waals surface area contributed by atoms with Gasteiger partial charge in [0.25, 0.3) is 5.56 Å². The number of methoxy groups -OCH3 is 2. The molecule has 1 aromatic heterocycles. The van der Waals surface area contributed by atoms with E-state index in [-0.39, 0.29) is 33.8 Å². The molecular formula is C25H24N4O6S2. The van der Waals surface area contributed by atoms with Crippen molar-refractivity contribution in [1.29, 1.82) is 0 Å². The average molecular weight is 541 g/mol. The lowest BCUT2D eigenvalue weighted by Gasteiger charge is -2.14. The maximum absolute atomic E-state index is 13.4. The van der Waals surface area contributed by atoms with Crippen molar-refractivity contribution in [3.63, 3.8) is 0 Å². The van der Waals surface area contributed by atoms with Crippen LogP contribution in [0.25, 0.3) is 16.6 Å². The first-order valence-electron chi connectivity index (χ1n) is 11.0. The van der Waals surface area contributed by atoms with E-state index in [0.29, 0.717) is 28.1 Å². The molecule has 0 aliphatic carbocycles. The van der Waals surface area contributed by atoms with Gasteiger partial charge in [0.1, 0.15) is 0 Å². The number of amides is 1. The first kappa shape index (κ1) is 26.2. The molecule has 4 rings (SSSR count). The van der Waals surface area contributed by atoms with Crippen LogP contribution in [0, 0.1) is 0 Å². The second-order valence-corrected chi connectivity index (χ2v) is 10.3. The van der Waals surface area contributed by atoms with Crippen LogP contribution in [0.5, 0.6) is 11.5 Å². The van der Waals surface area contributed by atoms with Gasteiger partial charge in [0.2, 0.25) is 15.9 Å². The van der Waals surface area contributed by atoms with Gasteiger partial charge in [0.15, 0.2) is 16.7 Å². The fraction of sp³-hybridized carbons (Fsp3) is 0.160. The zero-order valence-corrected chi connectivity index (χ0v) is 21.6. The van der Waals surface area contributed by atoms with Crippen LogP contribution in [0.4, 0.5) is 0 Å². The summed E-state index contributed by atoms with van der Waals surface area (Å²) in [5.74, 6) is 0.785. The van der Waals surface area contributed by atoms with Gasteiger partial charge >= 0.3 is 0 Å². The number of nitrogens with two attached hydrogens (primary N) is 1. The molecule has 3 N–H and O–H groups in total. The molecule has 0 aliphatic heterocycles. The highest BCUT2D eigenvalue weighted by Gasteiger charge is 2.17. The van der Waals surface area contributed by atoms with Gasteiger partial charge in [-0.2, -0.15) is 0 Å². The van der Waals surface area contributed by atoms with E-state index in [1.54, 1.807) is 36.4 Å². The van der Waals surface area contributed by atoms with Crippen molar-refractivity contribution in [2.45, 2.75) is 16.6 Å². The Labute approximate surface area is 217 Å². The number of sulfonamides is 1. The monoisotopic (exact) mass is 540 g/mol. The Balaban J connectivity index is 1.60. The van der Waals surface area contributed by atoms with Crippen molar-refractivity contribution in [2.75, 3.05) is 20.0 Å². The number of primary sulfonamides is 1. The van der Waals surface area contributed by atoms with E-state index in [1.165, 1.54) is 43.1 Å². The number of para-hydroxylation sites is 2. The lowest BCUT2D eigenvalue weighted by molar-refractivity contribution is -0.118. The molecule has 0 bridgehead atoms. The molecule has 12 heteroatoms. The normalized spacial score (nSPS) is 11.3. The highest BCUT2D eigenvalue weighted by atomic mass is 32.2. The van der Waals surface area contributed by atoms with Gasteiger partial charge in [0.05, 0.1) is 41.5 Å². The number of rotatable bonds is 9. The Morgan fingerprint density at radius 2 is 1.76 bits per heavy atom. The van der Waals surface area contributed by atoms with Crippen molar-refractivity contribution < 1.29 is 22.7 Å². The zero-order valence-electron chi connectivity index (χ0n) is 20.0. The van der Waals surface area contributed by atoms with E-state index in [4.69, 9.17) is 14.6 Å². The Morgan fingerprint density at radius 3 is 2.43 bits per heavy atom. The van der Waals surface area contributed by atoms with Gasteiger partial charge in [0, 0.05) is 12.1 Å². The molecule has 0 radical (unpaired) electrons. The maximum atomic E-state index is 13.4. The zero-order chi connectivity index (χ0) is 26.6. The Morgan fingerprint density at radius 1 is 1.03 bits per heavy atom. The van der Waals surface area contributed by atoms with E-state index in [2.05, 4.69) is 10.3 Å². The van der Waals surface area contributed by atoms with Crippen molar-refractivity contribution in [2.24, 2.45) is 5.14 Å². The summed E-state index contributed by atoms with van der Waals surface area (Å²) in [7, 11) is -0.831. The molecule has 37 heavy (non-hydrogen) atoms. The van der Waals surface area contributed by atoms with Crippen LogP contribution in [-0.2, 0) is 21.4 Å². The van der Waals surface area contributed by atoms with Gasteiger partial charge in [-0.25, -0.2) is 18.5 Å². The van der Waals surface area contributed by atoms with E-state index < -0.39 is 10.0 Å². The van der Waals surface area contributed by atoms with Crippen LogP contribution in [0.1, 0.15) is 5.56 Å². The van der Waals surface area contributed by atoms with Crippen molar-refractivity contribution in [1.82, 2.24) is 14.9 Å². The van der Waals surface area contributed by atoms with Crippen LogP contribution in [0.15, 0.2) is 81.6 Å². The standard InChI is InChI=1S/C25H24N4O6S2/c1-34-21-9-5-6-16(23(21)35-2)14-27-22(30)15-36-25-28-20-8-4-3-7-19(20)24(31)29(25)17-10-12-18(13-11-17)37(26,32)33/h3-13H,14-15H2,1-2H3,(H,27,30)(H2,26,32,33). The van der Waals surface area contributed by atoms with Crippen molar-refractivity contribution in [3.05, 3.63) is 82.6 Å². The summed E-state index contributed by atoms with van der Waals surface area (Å²) in [5, 5.41) is 8.70. The van der Waals surface area contributed by atoms with Crippen molar-refractivity contribution >= 4 is 38.6 Å². The quantitative estimate of drug-likeness (QED) is 0.244. The minimum atomic E-state index is -3.89. The van der Waals surface area contributed by atoms with Crippen LogP contribution >= 0.6 is 11.8 Å². The fourth-order valence-electron chi connectivity index (χ4n) is 3.69. The summed E-state index contributed by atoms with van der Waals surface area (Å²) in [6, 6.07) is 17.8. The molecular weight excluding hydrogens is 516 g/mol. The number of aromatic nitrogens is 2. The molecule has 0 spiro atoms. The highest BCUT2D eigenvalue weighted by Crippen LogP contribution is 2.30. The summed E-state index contributed by atoms with van der Waals surface area (Å²) in [4.78, 5) is 30.6. The van der Waals surface area contributed by atoms with Gasteiger partial charge < -0.3 is 14.8 Å². The van der Waals surface area contributed by atoms with E-state index in [1.807, 2.05) is 6.07 Å². The van der Waals surface area contributed by atoms with Crippen LogP contribution in [-0.4, -0.2) is 43.8 Å². The number of carbonyl (C=O) groups is 1. The summed E-state index contributed by atoms with van der Waals surface area (Å²) in [6.07, 6.45) is 0. The first-order chi connectivity index (χ1) is 17.7. The van der Waals surface area contributed by atoms with Gasteiger partial charge in [-0.15, -0.1) is 0 Å². The lowest BCUT2D eigenvalue weighted by Crippen LogP contribution is -2.26. The number of carbonyl (C=O) groups excluding carboxylic acids is 1. The van der Waals surface area contributed by atoms with Gasteiger partial charge in [-0.05, 0) is 42.5 Å². The number of fused-ring (bicyclic) bond motifs is 1. The van der Waals surface area contributed by atoms with Gasteiger partial charge in [-0.3, -0.25) is 14.2 Å². The number of thioether (sulfide) groups is 1. The molecule has 0 unspecified atom stereocenters. The molecule has 192 valence electrons. The van der Waals surface area contributed by atoms with Crippen LogP contribution < -0.4 is 25.5 Å². The number of hydrogen-bond acceptors (Lipinski definition) is 8. The third kappa shape index (κ3) is 5.77. The summed E-state index contributed by atoms with van der Waals surface area (Å²) < 4.78 is 35.3. The lowest BCUT2D eigenvalue weighted by atomic mass is 10.2. The third-order valence-corrected chi connectivity index (χ3v) is 7.33. The molecule has 1 heterocycles. The molecule has 0 saturated carbocycles. The van der Waals surface area contributed by atoms with E-state index in [9.17, 15) is 18.0 Å². The predicted octanol–water partition coefficient (Wildman–Crippen LogP) is 2.46. The average Bonchev–Trinajstić information content (AvgIpc) is 2.90. The molecule has 1 amide bonds. The smallest absolute Gasteiger partial charge is 0.266 e. The SMILES string of the molecule is COc1cccc(CNC(=O)CSc2nc3ccccc3c(=O)n2-c2ccc(S(N)(=O)=O)cc2)c1OC. The minimum absolute atomic E-state index is 0.0215. The summed E-state index contributed by atoms with van der Waals surface area (Å²) in [6.45, 7) is 0.215. The Kier molecular flexibility index (Phi) is 7.81. The highest BCUT2D eigenvalue weighted by molar-refractivity contribution is 7.99. The number of nitrogens with zero attached hydrogens (tertiary/aromatic N) is 2. The number of ether oxygens (including phenoxy) is 2. The van der Waals surface area contributed by atoms with E-state index in [0.717, 1.165) is 17.3 Å². The molecule has 0 aliphatic rings.